The summed E-state index contributed by atoms with van der Waals surface area (Å²) in [5.41, 5.74) is 3.69. The Bertz CT molecular complexity index is 508. The Labute approximate surface area is 128 Å². The third-order valence-corrected chi connectivity index (χ3v) is 3.49. The molecule has 0 radical (unpaired) electrons. The number of nitrogens with zero attached hydrogens (tertiary/aromatic N) is 2. The molecule has 0 atom stereocenters. The normalized spacial score (nSPS) is 11.0. The summed E-state index contributed by atoms with van der Waals surface area (Å²) in [6.45, 7) is 6.07. The molecule has 21 heavy (non-hydrogen) atoms. The first-order valence-corrected chi connectivity index (χ1v) is 7.59. The number of benzene rings is 1. The Kier molecular flexibility index (Phi) is 6.38. The van der Waals surface area contributed by atoms with Crippen LogP contribution in [0.4, 0.5) is 0 Å². The molecule has 0 bridgehead atoms. The minimum absolute atomic E-state index is 0.898. The van der Waals surface area contributed by atoms with E-state index in [2.05, 4.69) is 64.7 Å². The monoisotopic (exact) mass is 283 g/mol. The summed E-state index contributed by atoms with van der Waals surface area (Å²) in [6, 6.07) is 14.8. The lowest BCUT2D eigenvalue weighted by atomic mass is 10.2. The molecule has 0 amide bonds. The highest BCUT2D eigenvalue weighted by Crippen LogP contribution is 2.03. The molecule has 0 aliphatic carbocycles. The zero-order chi connectivity index (χ0) is 14.9. The van der Waals surface area contributed by atoms with Crippen LogP contribution in [0.5, 0.6) is 0 Å². The van der Waals surface area contributed by atoms with Gasteiger partial charge in [-0.05, 0) is 50.7 Å². The molecule has 0 aliphatic rings. The van der Waals surface area contributed by atoms with E-state index in [1.54, 1.807) is 0 Å². The van der Waals surface area contributed by atoms with Gasteiger partial charge in [0.25, 0.3) is 0 Å². The van der Waals surface area contributed by atoms with Crippen LogP contribution in [0.1, 0.15) is 23.2 Å². The second kappa shape index (κ2) is 8.55. The van der Waals surface area contributed by atoms with E-state index >= 15 is 0 Å². The Morgan fingerprint density at radius 3 is 2.57 bits per heavy atom. The standard InChI is InChI=1S/C18H25N3/c1-16-9-10-18(14-20-16)13-19-11-6-12-21(2)15-17-7-4-3-5-8-17/h3-5,7-10,14,19H,6,11-13,15H2,1-2H3. The Hall–Kier alpha value is -1.71. The Balaban J connectivity index is 1.58. The van der Waals surface area contributed by atoms with Crippen molar-refractivity contribution in [2.45, 2.75) is 26.4 Å². The first-order valence-electron chi connectivity index (χ1n) is 7.59. The quantitative estimate of drug-likeness (QED) is 0.755. The smallest absolute Gasteiger partial charge is 0.0372 e. The summed E-state index contributed by atoms with van der Waals surface area (Å²) in [4.78, 5) is 6.67. The lowest BCUT2D eigenvalue weighted by Crippen LogP contribution is -2.23. The van der Waals surface area contributed by atoms with E-state index in [0.29, 0.717) is 0 Å². The third-order valence-electron chi connectivity index (χ3n) is 3.49. The predicted molar refractivity (Wildman–Crippen MR) is 88.1 cm³/mol. The SMILES string of the molecule is Cc1ccc(CNCCCN(C)Cc2ccccc2)cn1. The van der Waals surface area contributed by atoms with Gasteiger partial charge in [-0.2, -0.15) is 0 Å². The molecule has 3 nitrogen and oxygen atoms in total. The predicted octanol–water partition coefficient (Wildman–Crippen LogP) is 3.00. The van der Waals surface area contributed by atoms with Gasteiger partial charge in [-0.3, -0.25) is 4.98 Å². The van der Waals surface area contributed by atoms with Gasteiger partial charge in [0.2, 0.25) is 0 Å². The minimum Gasteiger partial charge on any atom is -0.313 e. The number of nitrogens with one attached hydrogen (secondary N) is 1. The maximum Gasteiger partial charge on any atom is 0.0372 e. The summed E-state index contributed by atoms with van der Waals surface area (Å²) in [5.74, 6) is 0. The van der Waals surface area contributed by atoms with E-state index in [-0.39, 0.29) is 0 Å². The van der Waals surface area contributed by atoms with Gasteiger partial charge in [0.15, 0.2) is 0 Å². The molecule has 112 valence electrons. The zero-order valence-corrected chi connectivity index (χ0v) is 13.0. The number of hydrogen-bond acceptors (Lipinski definition) is 3. The fraction of sp³-hybridized carbons (Fsp3) is 0.389. The third kappa shape index (κ3) is 6.06. The topological polar surface area (TPSA) is 28.2 Å². The van der Waals surface area contributed by atoms with Crippen LogP contribution >= 0.6 is 0 Å². The van der Waals surface area contributed by atoms with Crippen molar-refractivity contribution in [1.82, 2.24) is 15.2 Å². The van der Waals surface area contributed by atoms with Gasteiger partial charge < -0.3 is 10.2 Å². The molecule has 3 heteroatoms. The van der Waals surface area contributed by atoms with Gasteiger partial charge in [0.05, 0.1) is 0 Å². The molecular weight excluding hydrogens is 258 g/mol. The van der Waals surface area contributed by atoms with E-state index in [1.807, 2.05) is 13.1 Å². The molecule has 0 saturated carbocycles. The van der Waals surface area contributed by atoms with E-state index in [9.17, 15) is 0 Å². The van der Waals surface area contributed by atoms with Crippen LogP contribution in [0.3, 0.4) is 0 Å². The van der Waals surface area contributed by atoms with Crippen LogP contribution in [0, 0.1) is 6.92 Å². The van der Waals surface area contributed by atoms with Crippen molar-refractivity contribution < 1.29 is 0 Å². The molecule has 1 heterocycles. The van der Waals surface area contributed by atoms with Crippen LogP contribution in [0.2, 0.25) is 0 Å². The first-order chi connectivity index (χ1) is 10.2. The van der Waals surface area contributed by atoms with Gasteiger partial charge >= 0.3 is 0 Å². The van der Waals surface area contributed by atoms with E-state index in [4.69, 9.17) is 0 Å². The number of aryl methyl sites for hydroxylation is 1. The second-order valence-electron chi connectivity index (χ2n) is 5.56. The van der Waals surface area contributed by atoms with Gasteiger partial charge in [-0.1, -0.05) is 36.4 Å². The first kappa shape index (κ1) is 15.7. The van der Waals surface area contributed by atoms with E-state index in [0.717, 1.165) is 38.3 Å². The fourth-order valence-electron chi connectivity index (χ4n) is 2.28. The number of aromatic nitrogens is 1. The minimum atomic E-state index is 0.898. The van der Waals surface area contributed by atoms with Crippen molar-refractivity contribution in [2.75, 3.05) is 20.1 Å². The summed E-state index contributed by atoms with van der Waals surface area (Å²) in [6.07, 6.45) is 3.10. The van der Waals surface area contributed by atoms with Gasteiger partial charge in [0.1, 0.15) is 0 Å². The molecule has 2 aromatic rings. The largest absolute Gasteiger partial charge is 0.313 e. The molecule has 1 aromatic carbocycles. The van der Waals surface area contributed by atoms with Crippen molar-refractivity contribution in [1.29, 1.82) is 0 Å². The van der Waals surface area contributed by atoms with Gasteiger partial charge in [-0.15, -0.1) is 0 Å². The molecular formula is C18H25N3. The summed E-state index contributed by atoms with van der Waals surface area (Å²) < 4.78 is 0. The molecule has 0 unspecified atom stereocenters. The molecule has 0 fully saturated rings. The van der Waals surface area contributed by atoms with Crippen LogP contribution in [0.15, 0.2) is 48.7 Å². The van der Waals surface area contributed by atoms with Crippen molar-refractivity contribution in [2.24, 2.45) is 0 Å². The van der Waals surface area contributed by atoms with E-state index in [1.165, 1.54) is 11.1 Å². The Morgan fingerprint density at radius 2 is 1.86 bits per heavy atom. The molecule has 0 aliphatic heterocycles. The zero-order valence-electron chi connectivity index (χ0n) is 13.0. The number of rotatable bonds is 8. The molecule has 1 aromatic heterocycles. The average molecular weight is 283 g/mol. The summed E-state index contributed by atoms with van der Waals surface area (Å²) in [7, 11) is 2.18. The second-order valence-corrected chi connectivity index (χ2v) is 5.56. The highest BCUT2D eigenvalue weighted by atomic mass is 15.1. The van der Waals surface area contributed by atoms with Crippen molar-refractivity contribution in [3.05, 3.63) is 65.5 Å². The van der Waals surface area contributed by atoms with Crippen LogP contribution in [0.25, 0.3) is 0 Å². The summed E-state index contributed by atoms with van der Waals surface area (Å²) in [5, 5.41) is 3.47. The average Bonchev–Trinajstić information content (AvgIpc) is 2.50. The fourth-order valence-corrected chi connectivity index (χ4v) is 2.28. The van der Waals surface area contributed by atoms with Crippen molar-refractivity contribution >= 4 is 0 Å². The van der Waals surface area contributed by atoms with E-state index < -0.39 is 0 Å². The summed E-state index contributed by atoms with van der Waals surface area (Å²) >= 11 is 0. The maximum atomic E-state index is 4.30. The molecule has 0 saturated heterocycles. The van der Waals surface area contributed by atoms with Crippen LogP contribution in [-0.4, -0.2) is 30.0 Å². The van der Waals surface area contributed by atoms with Crippen LogP contribution in [-0.2, 0) is 13.1 Å². The van der Waals surface area contributed by atoms with Crippen molar-refractivity contribution in [3.63, 3.8) is 0 Å². The molecule has 2 rings (SSSR count). The highest BCUT2D eigenvalue weighted by Gasteiger charge is 1.99. The van der Waals surface area contributed by atoms with Crippen molar-refractivity contribution in [3.8, 4) is 0 Å². The highest BCUT2D eigenvalue weighted by molar-refractivity contribution is 5.14. The van der Waals surface area contributed by atoms with Gasteiger partial charge in [0, 0.05) is 25.0 Å². The Morgan fingerprint density at radius 1 is 1.05 bits per heavy atom. The lowest BCUT2D eigenvalue weighted by Gasteiger charge is -2.16. The molecule has 1 N–H and O–H groups in total. The van der Waals surface area contributed by atoms with Gasteiger partial charge in [-0.25, -0.2) is 0 Å². The van der Waals surface area contributed by atoms with Crippen LogP contribution < -0.4 is 5.32 Å². The maximum absolute atomic E-state index is 4.30. The molecule has 0 spiro atoms. The number of pyridine rings is 1. The number of hydrogen-bond donors (Lipinski definition) is 1. The lowest BCUT2D eigenvalue weighted by molar-refractivity contribution is 0.319.